The molecule has 0 fully saturated rings. The van der Waals surface area contributed by atoms with Crippen LogP contribution in [0.1, 0.15) is 142 Å². The summed E-state index contributed by atoms with van der Waals surface area (Å²) in [6.45, 7) is 4.02. The molecule has 0 aromatic carbocycles. The third kappa shape index (κ3) is 27.6. The van der Waals surface area contributed by atoms with Gasteiger partial charge in [-0.05, 0) is 57.8 Å². The Balaban J connectivity index is 3.98. The van der Waals surface area contributed by atoms with Gasteiger partial charge in [0.2, 0.25) is 5.91 Å². The molecule has 6 heteroatoms. The second-order valence-electron chi connectivity index (χ2n) is 11.9. The van der Waals surface area contributed by atoms with E-state index in [1.807, 2.05) is 18.2 Å². The Morgan fingerprint density at radius 1 is 0.636 bits per heavy atom. The summed E-state index contributed by atoms with van der Waals surface area (Å²) in [4.78, 5) is 12.3. The van der Waals surface area contributed by atoms with Crippen molar-refractivity contribution >= 4 is 5.91 Å². The Labute approximate surface area is 270 Å². The fraction of sp³-hybridized carbons (Fsp3) is 0.711. The highest BCUT2D eigenvalue weighted by Gasteiger charge is 2.19. The number of aliphatic hydroxyl groups is 4. The lowest BCUT2D eigenvalue weighted by Gasteiger charge is -2.20. The van der Waals surface area contributed by atoms with Crippen molar-refractivity contribution in [3.05, 3.63) is 60.8 Å². The predicted octanol–water partition coefficient (Wildman–Crippen LogP) is 8.17. The highest BCUT2D eigenvalue weighted by atomic mass is 16.3. The van der Waals surface area contributed by atoms with E-state index < -0.39 is 24.4 Å². The van der Waals surface area contributed by atoms with Gasteiger partial charge in [-0.1, -0.05) is 139 Å². The first-order valence-electron chi connectivity index (χ1n) is 17.7. The highest BCUT2D eigenvalue weighted by molar-refractivity contribution is 5.76. The molecule has 0 rings (SSSR count). The summed E-state index contributed by atoms with van der Waals surface area (Å²) in [5.74, 6) is -0.289. The maximum Gasteiger partial charge on any atom is 0.220 e. The normalized spacial score (nSPS) is 15.3. The Bertz CT molecular complexity index is 788. The summed E-state index contributed by atoms with van der Waals surface area (Å²) in [7, 11) is 0. The van der Waals surface area contributed by atoms with E-state index in [0.29, 0.717) is 19.3 Å². The molecule has 44 heavy (non-hydrogen) atoms. The molecule has 0 aromatic rings. The third-order valence-corrected chi connectivity index (χ3v) is 7.71. The second-order valence-corrected chi connectivity index (χ2v) is 11.9. The van der Waals surface area contributed by atoms with E-state index in [1.165, 1.54) is 64.2 Å². The van der Waals surface area contributed by atoms with Crippen LogP contribution in [0.3, 0.4) is 0 Å². The van der Waals surface area contributed by atoms with Crippen molar-refractivity contribution in [2.45, 2.75) is 167 Å². The van der Waals surface area contributed by atoms with Gasteiger partial charge >= 0.3 is 0 Å². The molecule has 0 aliphatic heterocycles. The molecule has 6 nitrogen and oxygen atoms in total. The average molecular weight is 618 g/mol. The van der Waals surface area contributed by atoms with Gasteiger partial charge in [-0.3, -0.25) is 4.79 Å². The Morgan fingerprint density at radius 2 is 1.16 bits per heavy atom. The maximum atomic E-state index is 12.3. The molecule has 254 valence electrons. The van der Waals surface area contributed by atoms with Crippen molar-refractivity contribution in [2.24, 2.45) is 0 Å². The molecule has 0 heterocycles. The number of carbonyl (C=O) groups excluding carboxylic acids is 1. The largest absolute Gasteiger partial charge is 0.394 e. The van der Waals surface area contributed by atoms with Gasteiger partial charge in [0.25, 0.3) is 0 Å². The van der Waals surface area contributed by atoms with Crippen molar-refractivity contribution in [1.82, 2.24) is 5.32 Å². The molecule has 4 atom stereocenters. The fourth-order valence-corrected chi connectivity index (χ4v) is 4.85. The first kappa shape index (κ1) is 42.0. The van der Waals surface area contributed by atoms with E-state index >= 15 is 0 Å². The molecule has 0 saturated carbocycles. The average Bonchev–Trinajstić information content (AvgIpc) is 3.02. The predicted molar refractivity (Wildman–Crippen MR) is 186 cm³/mol. The van der Waals surface area contributed by atoms with Crippen molar-refractivity contribution in [1.29, 1.82) is 0 Å². The number of hydrogen-bond acceptors (Lipinski definition) is 5. The van der Waals surface area contributed by atoms with Gasteiger partial charge in [-0.15, -0.1) is 0 Å². The lowest BCUT2D eigenvalue weighted by atomic mass is 10.0. The Morgan fingerprint density at radius 3 is 1.70 bits per heavy atom. The molecule has 0 aromatic heterocycles. The zero-order chi connectivity index (χ0) is 32.5. The van der Waals surface area contributed by atoms with E-state index in [0.717, 1.165) is 38.5 Å². The number of amides is 1. The zero-order valence-electron chi connectivity index (χ0n) is 28.1. The van der Waals surface area contributed by atoms with Crippen LogP contribution in [0.5, 0.6) is 0 Å². The summed E-state index contributed by atoms with van der Waals surface area (Å²) in [5, 5.41) is 43.2. The Kier molecular flexibility index (Phi) is 30.9. The van der Waals surface area contributed by atoms with Crippen molar-refractivity contribution in [2.75, 3.05) is 6.61 Å². The molecular weight excluding hydrogens is 550 g/mol. The van der Waals surface area contributed by atoms with Gasteiger partial charge in [0.1, 0.15) is 0 Å². The second kappa shape index (κ2) is 32.4. The molecule has 0 spiro atoms. The number of allylic oxidation sites excluding steroid dienone is 8. The quantitative estimate of drug-likeness (QED) is 0.0413. The van der Waals surface area contributed by atoms with Crippen LogP contribution < -0.4 is 5.32 Å². The van der Waals surface area contributed by atoms with E-state index in [4.69, 9.17) is 0 Å². The van der Waals surface area contributed by atoms with E-state index in [-0.39, 0.29) is 18.9 Å². The molecule has 0 aliphatic carbocycles. The van der Waals surface area contributed by atoms with Crippen LogP contribution in [-0.2, 0) is 4.79 Å². The zero-order valence-corrected chi connectivity index (χ0v) is 28.1. The van der Waals surface area contributed by atoms with Crippen LogP contribution in [0.15, 0.2) is 60.8 Å². The van der Waals surface area contributed by atoms with Crippen LogP contribution in [0.4, 0.5) is 0 Å². The van der Waals surface area contributed by atoms with Gasteiger partial charge < -0.3 is 25.7 Å². The monoisotopic (exact) mass is 618 g/mol. The topological polar surface area (TPSA) is 110 Å². The summed E-state index contributed by atoms with van der Waals surface area (Å²) in [5.41, 5.74) is 0. The maximum absolute atomic E-state index is 12.3. The van der Waals surface area contributed by atoms with Crippen LogP contribution in [0.25, 0.3) is 0 Å². The fourth-order valence-electron chi connectivity index (χ4n) is 4.85. The lowest BCUT2D eigenvalue weighted by molar-refractivity contribution is -0.123. The molecule has 1 amide bonds. The first-order chi connectivity index (χ1) is 21.5. The van der Waals surface area contributed by atoms with E-state index in [2.05, 4.69) is 55.6 Å². The molecule has 0 aliphatic rings. The van der Waals surface area contributed by atoms with Crippen LogP contribution in [-0.4, -0.2) is 57.3 Å². The first-order valence-corrected chi connectivity index (χ1v) is 17.7. The summed E-state index contributed by atoms with van der Waals surface area (Å²) in [6, 6.07) is -0.759. The van der Waals surface area contributed by atoms with E-state index in [9.17, 15) is 25.2 Å². The minimum absolute atomic E-state index is 0.152. The van der Waals surface area contributed by atoms with Gasteiger partial charge in [0, 0.05) is 6.42 Å². The SMILES string of the molecule is CC/C=C\C/C=C\C/C=C\C/C=C\C[C@@H](O)[C@H](O)CCCC(=O)N[C@@H](CO)[C@H](O)/C=C/CCCCCCCCCCCCC. The van der Waals surface area contributed by atoms with Gasteiger partial charge in [-0.25, -0.2) is 0 Å². The van der Waals surface area contributed by atoms with Crippen molar-refractivity contribution in [3.63, 3.8) is 0 Å². The molecule has 0 radical (unpaired) electrons. The van der Waals surface area contributed by atoms with Crippen LogP contribution in [0, 0.1) is 0 Å². The smallest absolute Gasteiger partial charge is 0.220 e. The highest BCUT2D eigenvalue weighted by Crippen LogP contribution is 2.13. The lowest BCUT2D eigenvalue weighted by Crippen LogP contribution is -2.45. The molecule has 0 bridgehead atoms. The summed E-state index contributed by atoms with van der Waals surface area (Å²) in [6.07, 6.45) is 37.5. The number of nitrogens with one attached hydrogen (secondary N) is 1. The Hall–Kier alpha value is -1.99. The molecule has 5 N–H and O–H groups in total. The van der Waals surface area contributed by atoms with Crippen molar-refractivity contribution in [3.8, 4) is 0 Å². The summed E-state index contributed by atoms with van der Waals surface area (Å²) < 4.78 is 0. The number of unbranched alkanes of at least 4 members (excludes halogenated alkanes) is 11. The van der Waals surface area contributed by atoms with Gasteiger partial charge in [-0.2, -0.15) is 0 Å². The van der Waals surface area contributed by atoms with Crippen LogP contribution >= 0.6 is 0 Å². The van der Waals surface area contributed by atoms with Gasteiger partial charge in [0.15, 0.2) is 0 Å². The molecule has 0 saturated heterocycles. The van der Waals surface area contributed by atoms with Crippen molar-refractivity contribution < 1.29 is 25.2 Å². The number of carbonyl (C=O) groups is 1. The molecular formula is C38H67NO5. The van der Waals surface area contributed by atoms with Crippen LogP contribution in [0.2, 0.25) is 0 Å². The standard InChI is InChI=1S/C38H67NO5/c1-3-5-7-9-11-13-15-17-19-20-22-24-26-29-35(41)34(33-40)39-38(44)32-28-31-37(43)36(42)30-27-25-23-21-18-16-14-12-10-8-6-4-2/h6,8,12,14,18,21,25-27,29,34-37,40-43H,3-5,7,9-11,13,15-17,19-20,22-24,28,30-33H2,1-2H3,(H,39,44)/b8-6-,14-12-,21-18-,27-25-,29-26+/t34-,35+,36+,37+/m0/s1. The van der Waals surface area contributed by atoms with E-state index in [1.54, 1.807) is 6.08 Å². The third-order valence-electron chi connectivity index (χ3n) is 7.71. The van der Waals surface area contributed by atoms with Gasteiger partial charge in [0.05, 0.1) is 31.0 Å². The minimum atomic E-state index is -0.949. The number of aliphatic hydroxyl groups excluding tert-OH is 4. The molecule has 0 unspecified atom stereocenters. The number of hydrogen-bond donors (Lipinski definition) is 5. The number of rotatable bonds is 30. The minimum Gasteiger partial charge on any atom is -0.394 e. The summed E-state index contributed by atoms with van der Waals surface area (Å²) >= 11 is 0.